The average molecular weight is 1540 g/mol. The third-order valence-corrected chi connectivity index (χ3v) is 17.3. The Labute approximate surface area is 672 Å². The molecular formula is C82H80F10N6O6S2. The van der Waals surface area contributed by atoms with Gasteiger partial charge in [0.1, 0.15) is 13.1 Å². The minimum Gasteiger partial charge on any atom is -0.383 e. The monoisotopic (exact) mass is 1540 g/mol. The van der Waals surface area contributed by atoms with Crippen LogP contribution in [0.25, 0.3) is 44.1 Å². The number of rotatable bonds is 24. The molecule has 2 fully saturated rings. The molecule has 12 rings (SSSR count). The number of benzene rings is 8. The van der Waals surface area contributed by atoms with Crippen LogP contribution in [0, 0.1) is 30.2 Å². The summed E-state index contributed by atoms with van der Waals surface area (Å²) < 4.78 is 509. The first-order valence-corrected chi connectivity index (χ1v) is 32.7. The van der Waals surface area contributed by atoms with Gasteiger partial charge in [-0.2, -0.15) is 26.3 Å². The summed E-state index contributed by atoms with van der Waals surface area (Å²) in [5.74, 6) is -11.7. The molecule has 0 N–H and O–H groups in total. The number of aromatic nitrogens is 2. The normalized spacial score (nSPS) is 25.0. The number of thioether (sulfide) groups is 2. The van der Waals surface area contributed by atoms with Crippen LogP contribution in [0.5, 0.6) is 0 Å². The predicted molar refractivity (Wildman–Crippen MR) is 395 cm³/mol. The highest BCUT2D eigenvalue weighted by atomic mass is 32.2. The van der Waals surface area contributed by atoms with Crippen LogP contribution in [0.4, 0.5) is 43.9 Å². The van der Waals surface area contributed by atoms with Crippen LogP contribution < -0.4 is 10.9 Å². The zero-order chi connectivity index (χ0) is 111. The van der Waals surface area contributed by atoms with Gasteiger partial charge in [0, 0.05) is 145 Å². The lowest BCUT2D eigenvalue weighted by molar-refractivity contribution is -0.138. The number of piperidine rings is 2. The summed E-state index contributed by atoms with van der Waals surface area (Å²) in [6, 6.07) is -14.3. The lowest BCUT2D eigenvalue weighted by Gasteiger charge is -2.42. The van der Waals surface area contributed by atoms with E-state index in [1.807, 2.05) is 0 Å². The van der Waals surface area contributed by atoms with Crippen molar-refractivity contribution in [3.63, 3.8) is 0 Å². The van der Waals surface area contributed by atoms with Crippen LogP contribution in [-0.4, -0.2) is 119 Å². The first kappa shape index (κ1) is 41.3. The second-order valence-electron chi connectivity index (χ2n) is 22.1. The van der Waals surface area contributed by atoms with Crippen molar-refractivity contribution < 1.29 is 118 Å². The molecule has 2 aliphatic heterocycles. The lowest BCUT2D eigenvalue weighted by Crippen LogP contribution is -2.49. The standard InChI is InChI=1S/2C41H40F5N3O3S/c1-27(28-10-12-29(13-11-28)30-14-16-32(17-15-30)41(44,45)46)49(33-18-20-47(21-19-33)22-23-52-2)38(51)25-48-36-9-4-3-7-34(36)37(50)24-39(48)53-26-31-6-5-8-35(42)40(31)43;1-27-22-29(28-12-14-32(15-13-28)41(44,45)46)10-11-30(27)24-48(33-16-18-47(19-17-33)20-21-52-2)38(51)25-49-36-9-4-3-7-34(36)37(50)23-39(49)53-26-31-6-5-8-35(42)40(31)43/h3-17,24,27,33H,18-23,25-26H2,1-2H3;3-15,22-23,33H,16-21,24-26H2,1-2H3/i18D2,19D2,20D2,21D2,22D2,27D,33D;3D,4D,5D,6D,7D,8D,9D,10D,11D,12D,13D,14D,15D,16D2,17D2,18D2,19D2,20D2,22D,23D,24D2,33D. The molecule has 0 aliphatic carbocycles. The summed E-state index contributed by atoms with van der Waals surface area (Å²) in [5, 5.41) is -2.36. The summed E-state index contributed by atoms with van der Waals surface area (Å²) in [5.41, 5.74) is -12.7. The van der Waals surface area contributed by atoms with E-state index >= 15 is 14.0 Å². The fourth-order valence-electron chi connectivity index (χ4n) is 9.95. The van der Waals surface area contributed by atoms with Gasteiger partial charge in [-0.05, 0) is 139 Å². The molecule has 4 heterocycles. The summed E-state index contributed by atoms with van der Waals surface area (Å²) >= 11 is 0.712. The number of halogens is 10. The number of ether oxygens (including phenoxy) is 2. The van der Waals surface area contributed by atoms with Gasteiger partial charge in [-0.3, -0.25) is 19.2 Å². The van der Waals surface area contributed by atoms with Gasteiger partial charge < -0.3 is 38.2 Å². The molecule has 24 heteroatoms. The first-order valence-electron chi connectivity index (χ1n) is 50.7. The number of fused-ring (bicyclic) bond motifs is 2. The number of likely N-dealkylation sites (tertiary alicyclic amines) is 2. The molecule has 2 aromatic heterocycles. The van der Waals surface area contributed by atoms with Gasteiger partial charge >= 0.3 is 12.4 Å². The van der Waals surface area contributed by atoms with Crippen LogP contribution in [0.1, 0.15) is 132 Å². The third-order valence-electron chi connectivity index (χ3n) is 15.2. The van der Waals surface area contributed by atoms with Crippen LogP contribution in [-0.2, 0) is 62.5 Å². The Kier molecular flexibility index (Phi) is 13.7. The molecule has 10 aromatic rings. The number of methoxy groups -OCH3 is 2. The van der Waals surface area contributed by atoms with Gasteiger partial charge in [0.05, 0.1) is 78.9 Å². The topological polar surface area (TPSA) is 110 Å². The second kappa shape index (κ2) is 35.1. The summed E-state index contributed by atoms with van der Waals surface area (Å²) in [7, 11) is 1.77. The molecule has 1 atom stereocenters. The van der Waals surface area contributed by atoms with E-state index in [9.17, 15) is 66.9 Å². The van der Waals surface area contributed by atoms with Gasteiger partial charge in [0.2, 0.25) is 11.8 Å². The maximum absolute atomic E-state index is 15.8. The molecule has 2 aliphatic rings. The molecule has 0 radical (unpaired) electrons. The molecule has 1 unspecified atom stereocenters. The van der Waals surface area contributed by atoms with E-state index in [-0.39, 0.29) is 70.1 Å². The van der Waals surface area contributed by atoms with Crippen molar-refractivity contribution in [3.8, 4) is 22.3 Å². The Hall–Kier alpha value is -9.04. The fourth-order valence-corrected chi connectivity index (χ4v) is 11.9. The van der Waals surface area contributed by atoms with Gasteiger partial charge in [0.25, 0.3) is 0 Å². The van der Waals surface area contributed by atoms with Crippen molar-refractivity contribution in [2.45, 2.75) is 111 Å². The highest BCUT2D eigenvalue weighted by molar-refractivity contribution is 7.98. The van der Waals surface area contributed by atoms with Crippen molar-refractivity contribution >= 4 is 57.1 Å². The molecule has 106 heavy (non-hydrogen) atoms. The molecule has 12 nitrogen and oxygen atoms in total. The van der Waals surface area contributed by atoms with Crippen molar-refractivity contribution in [2.75, 3.05) is 66.4 Å². The number of hydrogen-bond acceptors (Lipinski definition) is 10. The maximum Gasteiger partial charge on any atom is 0.416 e. The summed E-state index contributed by atoms with van der Waals surface area (Å²) in [6.07, 6.45) is -28.1. The van der Waals surface area contributed by atoms with Crippen molar-refractivity contribution in [1.82, 2.24) is 28.7 Å². The van der Waals surface area contributed by atoms with Crippen LogP contribution >= 0.6 is 23.5 Å². The average Bonchev–Trinajstić information content (AvgIpc) is 0.656. The van der Waals surface area contributed by atoms with Crippen LogP contribution in [0.2, 0.25) is 0 Å². The van der Waals surface area contributed by atoms with Gasteiger partial charge in [-0.1, -0.05) is 115 Å². The second-order valence-corrected chi connectivity index (χ2v) is 24.1. The predicted octanol–water partition coefficient (Wildman–Crippen LogP) is 17.7. The smallest absolute Gasteiger partial charge is 0.383 e. The van der Waals surface area contributed by atoms with E-state index in [1.54, 1.807) is 0 Å². The largest absolute Gasteiger partial charge is 0.416 e. The number of carbonyl (C=O) groups excluding carboxylic acids is 2. The Bertz CT molecular complexity index is 6930. The molecular weight excluding hydrogens is 1420 g/mol. The Balaban J connectivity index is 0.000000284. The minimum atomic E-state index is -5.54. The van der Waals surface area contributed by atoms with E-state index in [2.05, 4.69) is 0 Å². The van der Waals surface area contributed by atoms with Crippen molar-refractivity contribution in [1.29, 1.82) is 0 Å². The van der Waals surface area contributed by atoms with Gasteiger partial charge in [-0.25, -0.2) is 17.6 Å². The molecule has 0 saturated carbocycles. The number of para-hydroxylation sites is 2. The number of carbonyl (C=O) groups is 2. The molecule has 2 amide bonds. The van der Waals surface area contributed by atoms with E-state index in [0.29, 0.717) is 6.92 Å². The van der Waals surface area contributed by atoms with Crippen molar-refractivity contribution in [3.05, 3.63) is 270 Å². The van der Waals surface area contributed by atoms with E-state index in [4.69, 9.17) is 46.5 Å². The molecule has 0 spiro atoms. The summed E-state index contributed by atoms with van der Waals surface area (Å²) in [4.78, 5) is 56.7. The zero-order valence-electron chi connectivity index (χ0n) is 95.2. The quantitative estimate of drug-likeness (QED) is 0.0428. The SMILES string of the molecule is [2H]C([2H])(COC)N1C([2H])([2H])C([2H])([2H])C([2H])(N(C(=O)Cn2c(SCc3cccc(F)c3F)cc(=O)c3ccccc32)C([2H])(C)c2ccc(-c3ccc(C(F)(F)F)cc3)cc2)C([2H])([2H])C1([2H])[2H].[2H]c1c([2H])c(F)c(F)c(CSc2c([2H])c(=O)c3c([2H])c([2H])c([2H])c([2H])c3n2CC(=O)N(C([2H])([2H])c2c([2H])c([2H])c(-c3c([2H])c([2H])c(C(F)(F)F)c([2H])c3[2H])c([2H])c2C)C2([2H])C([2H])([2H])C([2H])([2H])N(C([2H])([2H])COC)C([2H])([2H])C2([2H])[2H])c1[2H]. The molecule has 0 bridgehead atoms. The lowest BCUT2D eigenvalue weighted by atomic mass is 9.96. The number of nitrogens with zero attached hydrogens (tertiary/aromatic N) is 6. The van der Waals surface area contributed by atoms with E-state index in [0.717, 1.165) is 61.7 Å². The molecule has 2 saturated heterocycles. The fraction of sp³-hybridized carbons (Fsp3) is 0.317. The van der Waals surface area contributed by atoms with Crippen molar-refractivity contribution in [2.24, 2.45) is 0 Å². The number of amides is 2. The van der Waals surface area contributed by atoms with Crippen LogP contribution in [0.15, 0.2) is 207 Å². The van der Waals surface area contributed by atoms with Gasteiger partial charge in [0.15, 0.2) is 34.1 Å². The minimum absolute atomic E-state index is 0.00761. The number of alkyl halides is 6. The number of pyridine rings is 2. The first-order chi connectivity index (χ1) is 66.5. The Morgan fingerprint density at radius 1 is 0.585 bits per heavy atom. The Morgan fingerprint density at radius 2 is 1.16 bits per heavy atom. The highest BCUT2D eigenvalue weighted by Crippen LogP contribution is 2.37. The number of hydrogen-bond donors (Lipinski definition) is 0. The maximum atomic E-state index is 15.8. The Morgan fingerprint density at radius 3 is 1.81 bits per heavy atom. The van der Waals surface area contributed by atoms with Crippen LogP contribution in [0.3, 0.4) is 0 Å². The molecule has 556 valence electrons. The van der Waals surface area contributed by atoms with E-state index in [1.165, 1.54) is 72.8 Å². The zero-order valence-corrected chi connectivity index (χ0v) is 56.8. The third kappa shape index (κ3) is 19.0. The molecule has 8 aromatic carbocycles. The van der Waals surface area contributed by atoms with E-state index < -0.39 is 335 Å². The van der Waals surface area contributed by atoms with Gasteiger partial charge in [-0.15, -0.1) is 23.5 Å². The summed E-state index contributed by atoms with van der Waals surface area (Å²) in [6.45, 7) is -32.7. The highest BCUT2D eigenvalue weighted by Gasteiger charge is 2.35.